The van der Waals surface area contributed by atoms with Crippen LogP contribution in [0.15, 0.2) is 65.6 Å². The standard InChI is InChI=1S/C24H24N6O2/c1-15(2)16-8-10-18(11-9-16)26-24(32)29-13-17(14-29)21-27-22-20(23(31)28-21)12-25-30(22)19-6-4-3-5-7-19/h3-12,15,17H,13-14H2,1-2H3,(H,26,32)(H,27,28,31). The fourth-order valence-electron chi connectivity index (χ4n) is 3.86. The Bertz CT molecular complexity index is 1320. The summed E-state index contributed by atoms with van der Waals surface area (Å²) in [6.07, 6.45) is 1.53. The zero-order chi connectivity index (χ0) is 22.2. The molecular weight excluding hydrogens is 404 g/mol. The Labute approximate surface area is 184 Å². The minimum absolute atomic E-state index is 0.0275. The van der Waals surface area contributed by atoms with Crippen molar-refractivity contribution in [3.63, 3.8) is 0 Å². The van der Waals surface area contributed by atoms with E-state index in [-0.39, 0.29) is 17.5 Å². The molecule has 162 valence electrons. The number of para-hydroxylation sites is 1. The van der Waals surface area contributed by atoms with Gasteiger partial charge in [0.05, 0.1) is 17.8 Å². The largest absolute Gasteiger partial charge is 0.323 e. The molecule has 2 amide bonds. The monoisotopic (exact) mass is 428 g/mol. The lowest BCUT2D eigenvalue weighted by Gasteiger charge is -2.38. The first-order valence-corrected chi connectivity index (χ1v) is 10.7. The van der Waals surface area contributed by atoms with Gasteiger partial charge >= 0.3 is 6.03 Å². The predicted octanol–water partition coefficient (Wildman–Crippen LogP) is 3.86. The third-order valence-corrected chi connectivity index (χ3v) is 5.84. The van der Waals surface area contributed by atoms with Crippen molar-refractivity contribution < 1.29 is 4.79 Å². The molecule has 1 fully saturated rings. The van der Waals surface area contributed by atoms with Gasteiger partial charge in [-0.15, -0.1) is 0 Å². The molecule has 0 atom stereocenters. The van der Waals surface area contributed by atoms with Crippen molar-refractivity contribution in [2.45, 2.75) is 25.7 Å². The fourth-order valence-corrected chi connectivity index (χ4v) is 3.86. The SMILES string of the molecule is CC(C)c1ccc(NC(=O)N2CC(c3nc4c(cnn4-c4ccccc4)c(=O)[nH]3)C2)cc1. The summed E-state index contributed by atoms with van der Waals surface area (Å²) >= 11 is 0. The van der Waals surface area contributed by atoms with Gasteiger partial charge in [-0.05, 0) is 35.7 Å². The number of H-pyrrole nitrogens is 1. The lowest BCUT2D eigenvalue weighted by molar-refractivity contribution is 0.161. The molecule has 0 radical (unpaired) electrons. The Morgan fingerprint density at radius 3 is 2.50 bits per heavy atom. The van der Waals surface area contributed by atoms with E-state index in [9.17, 15) is 9.59 Å². The summed E-state index contributed by atoms with van der Waals surface area (Å²) in [5.41, 5.74) is 3.13. The molecule has 2 aromatic carbocycles. The number of rotatable bonds is 4. The van der Waals surface area contributed by atoms with Crippen LogP contribution >= 0.6 is 0 Å². The molecule has 8 heteroatoms. The normalized spacial score (nSPS) is 14.0. The molecule has 2 aromatic heterocycles. The molecular formula is C24H24N6O2. The third kappa shape index (κ3) is 3.64. The van der Waals surface area contributed by atoms with Crippen molar-refractivity contribution in [3.8, 4) is 5.69 Å². The highest BCUT2D eigenvalue weighted by Crippen LogP contribution is 2.26. The van der Waals surface area contributed by atoms with Crippen LogP contribution in [0.5, 0.6) is 0 Å². The summed E-state index contributed by atoms with van der Waals surface area (Å²) < 4.78 is 1.66. The molecule has 0 unspecified atom stereocenters. The van der Waals surface area contributed by atoms with Gasteiger partial charge in [-0.25, -0.2) is 14.5 Å². The lowest BCUT2D eigenvalue weighted by Crippen LogP contribution is -2.51. The van der Waals surface area contributed by atoms with Crippen LogP contribution in [0.1, 0.15) is 37.1 Å². The minimum atomic E-state index is -0.222. The number of urea groups is 1. The van der Waals surface area contributed by atoms with Gasteiger partial charge in [-0.3, -0.25) is 4.79 Å². The molecule has 8 nitrogen and oxygen atoms in total. The Hall–Kier alpha value is -3.94. The molecule has 3 heterocycles. The maximum Gasteiger partial charge on any atom is 0.321 e. The quantitative estimate of drug-likeness (QED) is 0.516. The van der Waals surface area contributed by atoms with E-state index in [1.807, 2.05) is 54.6 Å². The second kappa shape index (κ2) is 7.96. The van der Waals surface area contributed by atoms with Crippen molar-refractivity contribution >= 4 is 22.8 Å². The molecule has 2 N–H and O–H groups in total. The van der Waals surface area contributed by atoms with E-state index in [1.54, 1.807) is 9.58 Å². The van der Waals surface area contributed by atoms with Gasteiger partial charge in [0.2, 0.25) is 0 Å². The van der Waals surface area contributed by atoms with Crippen LogP contribution in [-0.4, -0.2) is 43.8 Å². The zero-order valence-corrected chi connectivity index (χ0v) is 17.9. The Kier molecular flexibility index (Phi) is 4.97. The predicted molar refractivity (Wildman–Crippen MR) is 123 cm³/mol. The molecule has 0 spiro atoms. The van der Waals surface area contributed by atoms with Crippen LogP contribution in [0.4, 0.5) is 10.5 Å². The number of aromatic amines is 1. The molecule has 32 heavy (non-hydrogen) atoms. The average molecular weight is 428 g/mol. The molecule has 5 rings (SSSR count). The number of nitrogens with zero attached hydrogens (tertiary/aromatic N) is 4. The van der Waals surface area contributed by atoms with E-state index in [0.29, 0.717) is 35.9 Å². The number of benzene rings is 2. The zero-order valence-electron chi connectivity index (χ0n) is 17.9. The number of amides is 2. The van der Waals surface area contributed by atoms with E-state index >= 15 is 0 Å². The maximum atomic E-state index is 12.6. The van der Waals surface area contributed by atoms with Crippen molar-refractivity contribution in [1.29, 1.82) is 0 Å². The summed E-state index contributed by atoms with van der Waals surface area (Å²) in [4.78, 5) is 34.4. The molecule has 1 aliphatic heterocycles. The van der Waals surface area contributed by atoms with Gasteiger partial charge in [0.25, 0.3) is 5.56 Å². The molecule has 0 aliphatic carbocycles. The number of likely N-dealkylation sites (tertiary alicyclic amines) is 1. The van der Waals surface area contributed by atoms with E-state index in [4.69, 9.17) is 0 Å². The van der Waals surface area contributed by atoms with E-state index in [0.717, 1.165) is 11.4 Å². The molecule has 1 aliphatic rings. The summed E-state index contributed by atoms with van der Waals surface area (Å²) in [5.74, 6) is 0.992. The number of carbonyl (C=O) groups is 1. The first-order valence-electron chi connectivity index (χ1n) is 10.7. The van der Waals surface area contributed by atoms with Crippen molar-refractivity contribution in [3.05, 3.63) is 82.5 Å². The van der Waals surface area contributed by atoms with Crippen LogP contribution in [0.3, 0.4) is 0 Å². The van der Waals surface area contributed by atoms with Gasteiger partial charge in [0, 0.05) is 18.8 Å². The van der Waals surface area contributed by atoms with Gasteiger partial charge in [-0.1, -0.05) is 44.2 Å². The first-order chi connectivity index (χ1) is 15.5. The van der Waals surface area contributed by atoms with Gasteiger partial charge in [0.1, 0.15) is 11.2 Å². The van der Waals surface area contributed by atoms with Gasteiger partial charge in [-0.2, -0.15) is 5.10 Å². The Morgan fingerprint density at radius 1 is 1.09 bits per heavy atom. The van der Waals surface area contributed by atoms with E-state index in [2.05, 4.69) is 34.2 Å². The second-order valence-corrected chi connectivity index (χ2v) is 8.39. The highest BCUT2D eigenvalue weighted by molar-refractivity contribution is 5.90. The number of carbonyl (C=O) groups excluding carboxylic acids is 1. The molecule has 4 aromatic rings. The number of nitrogens with one attached hydrogen (secondary N) is 2. The van der Waals surface area contributed by atoms with Gasteiger partial charge < -0.3 is 15.2 Å². The Morgan fingerprint density at radius 2 is 1.81 bits per heavy atom. The number of aromatic nitrogens is 4. The number of fused-ring (bicyclic) bond motifs is 1. The summed E-state index contributed by atoms with van der Waals surface area (Å²) in [6, 6.07) is 17.3. The fraction of sp³-hybridized carbons (Fsp3) is 0.250. The molecule has 0 bridgehead atoms. The van der Waals surface area contributed by atoms with Crippen LogP contribution in [-0.2, 0) is 0 Å². The van der Waals surface area contributed by atoms with Gasteiger partial charge in [0.15, 0.2) is 5.65 Å². The van der Waals surface area contributed by atoms with Crippen molar-refractivity contribution in [1.82, 2.24) is 24.6 Å². The Balaban J connectivity index is 1.30. The minimum Gasteiger partial charge on any atom is -0.323 e. The number of anilines is 1. The van der Waals surface area contributed by atoms with Crippen molar-refractivity contribution in [2.24, 2.45) is 0 Å². The highest BCUT2D eigenvalue weighted by atomic mass is 16.2. The summed E-state index contributed by atoms with van der Waals surface area (Å²) in [5, 5.41) is 7.71. The van der Waals surface area contributed by atoms with E-state index in [1.165, 1.54) is 11.8 Å². The van der Waals surface area contributed by atoms with Crippen LogP contribution in [0, 0.1) is 0 Å². The summed E-state index contributed by atoms with van der Waals surface area (Å²) in [7, 11) is 0. The second-order valence-electron chi connectivity index (χ2n) is 8.39. The van der Waals surface area contributed by atoms with Crippen LogP contribution in [0.2, 0.25) is 0 Å². The first kappa shape index (κ1) is 20.0. The van der Waals surface area contributed by atoms with Crippen molar-refractivity contribution in [2.75, 3.05) is 18.4 Å². The topological polar surface area (TPSA) is 95.9 Å². The van der Waals surface area contributed by atoms with Crippen LogP contribution < -0.4 is 10.9 Å². The molecule has 0 saturated carbocycles. The molecule has 1 saturated heterocycles. The maximum absolute atomic E-state index is 12.6. The number of hydrogen-bond acceptors (Lipinski definition) is 4. The smallest absolute Gasteiger partial charge is 0.321 e. The highest BCUT2D eigenvalue weighted by Gasteiger charge is 2.34. The summed E-state index contributed by atoms with van der Waals surface area (Å²) in [6.45, 7) is 5.25. The van der Waals surface area contributed by atoms with Crippen LogP contribution in [0.25, 0.3) is 16.7 Å². The average Bonchev–Trinajstić information content (AvgIpc) is 3.18. The number of hydrogen-bond donors (Lipinski definition) is 2. The third-order valence-electron chi connectivity index (χ3n) is 5.84. The van der Waals surface area contributed by atoms with E-state index < -0.39 is 0 Å². The lowest BCUT2D eigenvalue weighted by atomic mass is 9.99.